The molecule has 0 aliphatic carbocycles. The fourth-order valence-corrected chi connectivity index (χ4v) is 1.78. The van der Waals surface area contributed by atoms with Crippen molar-refractivity contribution in [2.75, 3.05) is 11.6 Å². The topological polar surface area (TPSA) is 55.1 Å². The second-order valence-electron chi connectivity index (χ2n) is 4.14. The van der Waals surface area contributed by atoms with Gasteiger partial charge >= 0.3 is 0 Å². The molecule has 0 aromatic heterocycles. The lowest BCUT2D eigenvalue weighted by atomic mass is 9.92. The lowest BCUT2D eigenvalue weighted by molar-refractivity contribution is -0.121. The maximum atomic E-state index is 12.1. The van der Waals surface area contributed by atoms with Crippen LogP contribution in [0.4, 0.5) is 5.69 Å². The minimum Gasteiger partial charge on any atom is -0.392 e. The molecule has 92 valence electrons. The summed E-state index contributed by atoms with van der Waals surface area (Å²) in [6.07, 6.45) is 1.96. The normalized spacial score (nSPS) is 11.0. The molecule has 3 N–H and O–H groups in total. The maximum Gasteiger partial charge on any atom is 0.236 e. The van der Waals surface area contributed by atoms with Crippen LogP contribution in [0.15, 0.2) is 29.2 Å². The summed E-state index contributed by atoms with van der Waals surface area (Å²) in [5.74, 6) is -0.188. The first-order valence-corrected chi connectivity index (χ1v) is 6.77. The molecule has 3 nitrogen and oxygen atoms in total. The van der Waals surface area contributed by atoms with Crippen molar-refractivity contribution in [1.29, 1.82) is 0 Å². The molecule has 1 amide bonds. The van der Waals surface area contributed by atoms with Crippen LogP contribution in [0.25, 0.3) is 0 Å². The quantitative estimate of drug-likeness (QED) is 0.651. The largest absolute Gasteiger partial charge is 0.392 e. The number of hydrogen-bond donors (Lipinski definition) is 2. The molecule has 0 unspecified atom stereocenters. The van der Waals surface area contributed by atoms with Gasteiger partial charge in [0.1, 0.15) is 0 Å². The van der Waals surface area contributed by atoms with Crippen LogP contribution in [-0.4, -0.2) is 17.2 Å². The van der Waals surface area contributed by atoms with Gasteiger partial charge in [0, 0.05) is 4.90 Å². The van der Waals surface area contributed by atoms with Crippen molar-refractivity contribution >= 4 is 40.6 Å². The standard InChI is InChI=1S/C12H16N2OS2/c1-12(2,10(13)16)11(15)14-8-6-4-5-7-9(8)17-3/h4-7H,1-3H3,(H2,13,16)(H,14,15). The summed E-state index contributed by atoms with van der Waals surface area (Å²) in [7, 11) is 0. The molecule has 0 saturated carbocycles. The van der Waals surface area contributed by atoms with E-state index in [-0.39, 0.29) is 10.9 Å². The fourth-order valence-electron chi connectivity index (χ4n) is 1.14. The third kappa shape index (κ3) is 3.20. The molecule has 1 aromatic rings. The van der Waals surface area contributed by atoms with Crippen molar-refractivity contribution in [3.8, 4) is 0 Å². The molecular weight excluding hydrogens is 252 g/mol. The monoisotopic (exact) mass is 268 g/mol. The smallest absolute Gasteiger partial charge is 0.236 e. The summed E-state index contributed by atoms with van der Waals surface area (Å²) in [5, 5.41) is 2.86. The Bertz CT molecular complexity index is 444. The van der Waals surface area contributed by atoms with Gasteiger partial charge < -0.3 is 11.1 Å². The number of nitrogens with one attached hydrogen (secondary N) is 1. The van der Waals surface area contributed by atoms with E-state index in [1.165, 1.54) is 0 Å². The predicted molar refractivity (Wildman–Crippen MR) is 77.4 cm³/mol. The number of thioether (sulfide) groups is 1. The number of hydrogen-bond acceptors (Lipinski definition) is 3. The zero-order valence-corrected chi connectivity index (χ0v) is 11.7. The number of amides is 1. The van der Waals surface area contributed by atoms with Crippen LogP contribution in [0, 0.1) is 5.41 Å². The molecule has 0 spiro atoms. The van der Waals surface area contributed by atoms with Gasteiger partial charge in [-0.05, 0) is 32.2 Å². The van der Waals surface area contributed by atoms with Gasteiger partial charge in [-0.25, -0.2) is 0 Å². The van der Waals surface area contributed by atoms with Crippen LogP contribution in [0.1, 0.15) is 13.8 Å². The molecule has 0 radical (unpaired) electrons. The first-order chi connectivity index (χ1) is 7.89. The van der Waals surface area contributed by atoms with E-state index < -0.39 is 5.41 Å². The fraction of sp³-hybridized carbons (Fsp3) is 0.333. The second kappa shape index (κ2) is 5.51. The van der Waals surface area contributed by atoms with Gasteiger partial charge in [-0.15, -0.1) is 11.8 Å². The van der Waals surface area contributed by atoms with E-state index in [0.717, 1.165) is 10.6 Å². The predicted octanol–water partition coefficient (Wildman–Crippen LogP) is 2.66. The number of thiocarbonyl (C=S) groups is 1. The number of benzene rings is 1. The average Bonchev–Trinajstić information content (AvgIpc) is 2.29. The zero-order chi connectivity index (χ0) is 13.1. The van der Waals surface area contributed by atoms with E-state index >= 15 is 0 Å². The summed E-state index contributed by atoms with van der Waals surface area (Å²) < 4.78 is 0. The summed E-state index contributed by atoms with van der Waals surface area (Å²) >= 11 is 6.47. The molecule has 0 atom stereocenters. The summed E-state index contributed by atoms with van der Waals surface area (Å²) in [6.45, 7) is 3.43. The van der Waals surface area contributed by atoms with Crippen LogP contribution in [0.5, 0.6) is 0 Å². The Morgan fingerprint density at radius 3 is 2.53 bits per heavy atom. The number of rotatable bonds is 4. The first kappa shape index (κ1) is 14.0. The third-order valence-corrected chi connectivity index (χ3v) is 3.84. The van der Waals surface area contributed by atoms with Crippen LogP contribution in [0.3, 0.4) is 0 Å². The van der Waals surface area contributed by atoms with E-state index in [2.05, 4.69) is 5.32 Å². The number of anilines is 1. The molecule has 1 rings (SSSR count). The Morgan fingerprint density at radius 1 is 1.41 bits per heavy atom. The zero-order valence-electron chi connectivity index (χ0n) is 10.1. The van der Waals surface area contributed by atoms with Crippen molar-refractivity contribution < 1.29 is 4.79 Å². The van der Waals surface area contributed by atoms with Crippen molar-refractivity contribution in [3.63, 3.8) is 0 Å². The van der Waals surface area contributed by atoms with E-state index in [1.807, 2.05) is 30.5 Å². The molecule has 1 aromatic carbocycles. The van der Waals surface area contributed by atoms with Crippen molar-refractivity contribution in [1.82, 2.24) is 0 Å². The summed E-state index contributed by atoms with van der Waals surface area (Å²) in [6, 6.07) is 7.62. The van der Waals surface area contributed by atoms with E-state index in [0.29, 0.717) is 0 Å². The highest BCUT2D eigenvalue weighted by atomic mass is 32.2. The van der Waals surface area contributed by atoms with Gasteiger partial charge in [-0.2, -0.15) is 0 Å². The van der Waals surface area contributed by atoms with E-state index in [1.54, 1.807) is 25.6 Å². The van der Waals surface area contributed by atoms with Gasteiger partial charge in [0.05, 0.1) is 16.1 Å². The highest BCUT2D eigenvalue weighted by Gasteiger charge is 2.31. The molecule has 0 bridgehead atoms. The number of carbonyl (C=O) groups is 1. The van der Waals surface area contributed by atoms with Gasteiger partial charge in [0.15, 0.2) is 0 Å². The number of para-hydroxylation sites is 1. The minimum absolute atomic E-state index is 0.188. The Morgan fingerprint density at radius 2 is 2.00 bits per heavy atom. The summed E-state index contributed by atoms with van der Waals surface area (Å²) in [4.78, 5) is 13.3. The van der Waals surface area contributed by atoms with Crippen LogP contribution < -0.4 is 11.1 Å². The van der Waals surface area contributed by atoms with E-state index in [9.17, 15) is 4.79 Å². The SMILES string of the molecule is CSc1ccccc1NC(=O)C(C)(C)C(N)=S. The lowest BCUT2D eigenvalue weighted by Crippen LogP contribution is -2.41. The lowest BCUT2D eigenvalue weighted by Gasteiger charge is -2.22. The maximum absolute atomic E-state index is 12.1. The van der Waals surface area contributed by atoms with Gasteiger partial charge in [0.25, 0.3) is 0 Å². The van der Waals surface area contributed by atoms with Crippen LogP contribution in [-0.2, 0) is 4.79 Å². The third-order valence-electron chi connectivity index (χ3n) is 2.54. The first-order valence-electron chi connectivity index (χ1n) is 5.14. The Hall–Kier alpha value is -1.07. The molecule has 0 aliphatic heterocycles. The van der Waals surface area contributed by atoms with E-state index in [4.69, 9.17) is 18.0 Å². The van der Waals surface area contributed by atoms with Gasteiger partial charge in [-0.1, -0.05) is 24.4 Å². The molecule has 5 heteroatoms. The second-order valence-corrected chi connectivity index (χ2v) is 5.43. The Balaban J connectivity index is 2.92. The molecule has 0 fully saturated rings. The van der Waals surface area contributed by atoms with Crippen molar-refractivity contribution in [3.05, 3.63) is 24.3 Å². The molecule has 0 aliphatic rings. The minimum atomic E-state index is -0.846. The average molecular weight is 268 g/mol. The van der Waals surface area contributed by atoms with Crippen LogP contribution >= 0.6 is 24.0 Å². The molecule has 17 heavy (non-hydrogen) atoms. The number of nitrogens with two attached hydrogens (primary N) is 1. The molecular formula is C12H16N2OS2. The molecule has 0 heterocycles. The van der Waals surface area contributed by atoms with Gasteiger partial charge in [0.2, 0.25) is 5.91 Å². The number of carbonyl (C=O) groups excluding carboxylic acids is 1. The van der Waals surface area contributed by atoms with Crippen molar-refractivity contribution in [2.24, 2.45) is 11.1 Å². The Labute approximate surface area is 111 Å². The Kier molecular flexibility index (Phi) is 4.54. The summed E-state index contributed by atoms with van der Waals surface area (Å²) in [5.41, 5.74) is 5.50. The van der Waals surface area contributed by atoms with Crippen molar-refractivity contribution in [2.45, 2.75) is 18.7 Å². The molecule has 0 saturated heterocycles. The van der Waals surface area contributed by atoms with Gasteiger partial charge in [-0.3, -0.25) is 4.79 Å². The highest BCUT2D eigenvalue weighted by Crippen LogP contribution is 2.27. The highest BCUT2D eigenvalue weighted by molar-refractivity contribution is 7.98. The van der Waals surface area contributed by atoms with Crippen LogP contribution in [0.2, 0.25) is 0 Å².